The van der Waals surface area contributed by atoms with Gasteiger partial charge in [-0.2, -0.15) is 5.10 Å². The smallest absolute Gasteiger partial charge is 0.247 e. The molecule has 0 bridgehead atoms. The molecular weight excluding hydrogens is 164 g/mol. The zero-order valence-electron chi connectivity index (χ0n) is 8.66. The molecule has 3 heteroatoms. The topological polar surface area (TPSA) is 34.9 Å². The highest BCUT2D eigenvalue weighted by atomic mass is 16.2. The van der Waals surface area contributed by atoms with Crippen molar-refractivity contribution in [2.75, 3.05) is 0 Å². The van der Waals surface area contributed by atoms with E-state index in [0.29, 0.717) is 12.3 Å². The van der Waals surface area contributed by atoms with E-state index in [2.05, 4.69) is 5.10 Å². The Morgan fingerprint density at radius 2 is 2.15 bits per heavy atom. The van der Waals surface area contributed by atoms with Crippen LogP contribution < -0.4 is 0 Å². The van der Waals surface area contributed by atoms with Gasteiger partial charge in [-0.1, -0.05) is 13.8 Å². The third-order valence-electron chi connectivity index (χ3n) is 1.83. The van der Waals surface area contributed by atoms with Gasteiger partial charge in [0.1, 0.15) is 0 Å². The van der Waals surface area contributed by atoms with E-state index < -0.39 is 0 Å². The van der Waals surface area contributed by atoms with Crippen molar-refractivity contribution in [1.82, 2.24) is 9.78 Å². The standard InChI is InChI=1S/C10H16N2O/c1-7(2)5-10(13)12-9(4)6-8(3)11-12/h6-7H,5H2,1-4H3. The second-order valence-electron chi connectivity index (χ2n) is 3.83. The number of rotatable bonds is 2. The number of hydrogen-bond acceptors (Lipinski definition) is 2. The summed E-state index contributed by atoms with van der Waals surface area (Å²) in [6.07, 6.45) is 0.557. The van der Waals surface area contributed by atoms with Crippen molar-refractivity contribution in [3.05, 3.63) is 17.5 Å². The summed E-state index contributed by atoms with van der Waals surface area (Å²) in [5, 5.41) is 4.13. The Balaban J connectivity index is 2.82. The van der Waals surface area contributed by atoms with Crippen molar-refractivity contribution in [2.24, 2.45) is 5.92 Å². The lowest BCUT2D eigenvalue weighted by atomic mass is 10.1. The molecule has 72 valence electrons. The maximum atomic E-state index is 11.6. The second-order valence-corrected chi connectivity index (χ2v) is 3.83. The van der Waals surface area contributed by atoms with Gasteiger partial charge in [-0.25, -0.2) is 4.68 Å². The predicted molar refractivity (Wildman–Crippen MR) is 51.8 cm³/mol. The van der Waals surface area contributed by atoms with Gasteiger partial charge >= 0.3 is 0 Å². The molecule has 0 amide bonds. The molecule has 0 fully saturated rings. The Morgan fingerprint density at radius 1 is 1.54 bits per heavy atom. The summed E-state index contributed by atoms with van der Waals surface area (Å²) in [7, 11) is 0. The largest absolute Gasteiger partial charge is 0.273 e. The van der Waals surface area contributed by atoms with Gasteiger partial charge in [-0.3, -0.25) is 4.79 Å². The maximum Gasteiger partial charge on any atom is 0.247 e. The normalized spacial score (nSPS) is 10.8. The van der Waals surface area contributed by atoms with Crippen molar-refractivity contribution in [2.45, 2.75) is 34.1 Å². The third kappa shape index (κ3) is 2.41. The van der Waals surface area contributed by atoms with Crippen molar-refractivity contribution >= 4 is 5.91 Å². The summed E-state index contributed by atoms with van der Waals surface area (Å²) in [4.78, 5) is 11.6. The lowest BCUT2D eigenvalue weighted by Crippen LogP contribution is -2.15. The van der Waals surface area contributed by atoms with E-state index in [1.807, 2.05) is 33.8 Å². The average Bonchev–Trinajstić information content (AvgIpc) is 2.28. The quantitative estimate of drug-likeness (QED) is 0.699. The molecule has 0 unspecified atom stereocenters. The minimum Gasteiger partial charge on any atom is -0.273 e. The van der Waals surface area contributed by atoms with Gasteiger partial charge in [0.15, 0.2) is 0 Å². The fourth-order valence-electron chi connectivity index (χ4n) is 1.32. The van der Waals surface area contributed by atoms with Gasteiger partial charge in [0.05, 0.1) is 5.69 Å². The first kappa shape index (κ1) is 9.96. The van der Waals surface area contributed by atoms with Crippen LogP contribution in [0.5, 0.6) is 0 Å². The molecule has 1 aromatic rings. The number of aryl methyl sites for hydroxylation is 2. The average molecular weight is 180 g/mol. The van der Waals surface area contributed by atoms with Crippen LogP contribution in [0.1, 0.15) is 36.5 Å². The molecule has 1 heterocycles. The Morgan fingerprint density at radius 3 is 2.54 bits per heavy atom. The number of aromatic nitrogens is 2. The zero-order valence-corrected chi connectivity index (χ0v) is 8.66. The molecule has 0 atom stereocenters. The van der Waals surface area contributed by atoms with Crippen LogP contribution in [0.4, 0.5) is 0 Å². The van der Waals surface area contributed by atoms with E-state index in [1.165, 1.54) is 4.68 Å². The van der Waals surface area contributed by atoms with Crippen LogP contribution in [-0.4, -0.2) is 15.7 Å². The molecule has 0 saturated carbocycles. The summed E-state index contributed by atoms with van der Waals surface area (Å²) < 4.78 is 1.50. The molecule has 3 nitrogen and oxygen atoms in total. The summed E-state index contributed by atoms with van der Waals surface area (Å²) in [6.45, 7) is 7.86. The van der Waals surface area contributed by atoms with E-state index in [4.69, 9.17) is 0 Å². The Kier molecular flexibility index (Phi) is 2.86. The number of nitrogens with zero attached hydrogens (tertiary/aromatic N) is 2. The van der Waals surface area contributed by atoms with Crippen LogP contribution in [0.25, 0.3) is 0 Å². The zero-order chi connectivity index (χ0) is 10.0. The van der Waals surface area contributed by atoms with Crippen LogP contribution in [-0.2, 0) is 0 Å². The maximum absolute atomic E-state index is 11.6. The summed E-state index contributed by atoms with van der Waals surface area (Å²) in [6, 6.07) is 1.91. The third-order valence-corrected chi connectivity index (χ3v) is 1.83. The number of carbonyl (C=O) groups excluding carboxylic acids is 1. The molecule has 1 rings (SSSR count). The molecule has 1 aromatic heterocycles. The first-order valence-electron chi connectivity index (χ1n) is 4.57. The van der Waals surface area contributed by atoms with Gasteiger partial charge in [0.25, 0.3) is 0 Å². The lowest BCUT2D eigenvalue weighted by molar-refractivity contribution is 0.0867. The minimum absolute atomic E-state index is 0.0839. The summed E-state index contributed by atoms with van der Waals surface area (Å²) in [5.41, 5.74) is 1.82. The van der Waals surface area contributed by atoms with Crippen LogP contribution in [0.15, 0.2) is 6.07 Å². The fourth-order valence-corrected chi connectivity index (χ4v) is 1.32. The number of carbonyl (C=O) groups is 1. The summed E-state index contributed by atoms with van der Waals surface area (Å²) in [5.74, 6) is 0.469. The first-order chi connectivity index (χ1) is 6.00. The predicted octanol–water partition coefficient (Wildman–Crippen LogP) is 2.19. The highest BCUT2D eigenvalue weighted by Crippen LogP contribution is 2.06. The van der Waals surface area contributed by atoms with Crippen molar-refractivity contribution in [3.63, 3.8) is 0 Å². The van der Waals surface area contributed by atoms with E-state index in [0.717, 1.165) is 11.4 Å². The van der Waals surface area contributed by atoms with E-state index in [9.17, 15) is 4.79 Å². The van der Waals surface area contributed by atoms with Crippen molar-refractivity contribution in [1.29, 1.82) is 0 Å². The van der Waals surface area contributed by atoms with Crippen molar-refractivity contribution in [3.8, 4) is 0 Å². The molecule has 0 N–H and O–H groups in total. The molecule has 0 aliphatic carbocycles. The van der Waals surface area contributed by atoms with E-state index >= 15 is 0 Å². The lowest BCUT2D eigenvalue weighted by Gasteiger charge is -2.04. The Hall–Kier alpha value is -1.12. The number of hydrogen-bond donors (Lipinski definition) is 0. The van der Waals surface area contributed by atoms with Gasteiger partial charge < -0.3 is 0 Å². The van der Waals surface area contributed by atoms with Crippen LogP contribution in [0, 0.1) is 19.8 Å². The van der Waals surface area contributed by atoms with Gasteiger partial charge in [0.2, 0.25) is 5.91 Å². The highest BCUT2D eigenvalue weighted by molar-refractivity contribution is 5.78. The highest BCUT2D eigenvalue weighted by Gasteiger charge is 2.11. The fraction of sp³-hybridized carbons (Fsp3) is 0.600. The van der Waals surface area contributed by atoms with Crippen molar-refractivity contribution < 1.29 is 4.79 Å². The van der Waals surface area contributed by atoms with Crippen LogP contribution >= 0.6 is 0 Å². The van der Waals surface area contributed by atoms with Gasteiger partial charge in [0, 0.05) is 12.1 Å². The first-order valence-corrected chi connectivity index (χ1v) is 4.57. The molecule has 0 saturated heterocycles. The minimum atomic E-state index is 0.0839. The van der Waals surface area contributed by atoms with Gasteiger partial charge in [-0.15, -0.1) is 0 Å². The second kappa shape index (κ2) is 3.73. The molecule has 0 radical (unpaired) electrons. The Bertz CT molecular complexity index is 313. The summed E-state index contributed by atoms with van der Waals surface area (Å²) >= 11 is 0. The van der Waals surface area contributed by atoms with E-state index in [-0.39, 0.29) is 5.91 Å². The molecule has 0 aliphatic rings. The molecule has 13 heavy (non-hydrogen) atoms. The Labute approximate surface area is 78.8 Å². The molecule has 0 aromatic carbocycles. The van der Waals surface area contributed by atoms with Crippen LogP contribution in [0.2, 0.25) is 0 Å². The molecule has 0 spiro atoms. The monoisotopic (exact) mass is 180 g/mol. The van der Waals surface area contributed by atoms with Gasteiger partial charge in [-0.05, 0) is 25.8 Å². The molecule has 0 aliphatic heterocycles. The van der Waals surface area contributed by atoms with Crippen LogP contribution in [0.3, 0.4) is 0 Å². The molecular formula is C10H16N2O. The van der Waals surface area contributed by atoms with E-state index in [1.54, 1.807) is 0 Å². The SMILES string of the molecule is Cc1cc(C)n(C(=O)CC(C)C)n1.